The first-order chi connectivity index (χ1) is 12.7. The SMILES string of the molecule is COc1ccc2c(c1)Nc1cc(Cl)ccc1C(=O)N2Cc1ccccc1. The van der Waals surface area contributed by atoms with Crippen molar-refractivity contribution in [1.82, 2.24) is 0 Å². The molecule has 3 aromatic rings. The monoisotopic (exact) mass is 364 g/mol. The fourth-order valence-electron chi connectivity index (χ4n) is 3.11. The second-order valence-corrected chi connectivity index (χ2v) is 6.51. The average molecular weight is 365 g/mol. The van der Waals surface area contributed by atoms with E-state index in [1.807, 2.05) is 48.5 Å². The lowest BCUT2D eigenvalue weighted by Gasteiger charge is -2.23. The first-order valence-corrected chi connectivity index (χ1v) is 8.64. The second-order valence-electron chi connectivity index (χ2n) is 6.07. The minimum Gasteiger partial charge on any atom is -0.497 e. The quantitative estimate of drug-likeness (QED) is 0.689. The number of halogens is 1. The van der Waals surface area contributed by atoms with Crippen LogP contribution in [0.1, 0.15) is 15.9 Å². The van der Waals surface area contributed by atoms with E-state index in [9.17, 15) is 4.79 Å². The van der Waals surface area contributed by atoms with E-state index < -0.39 is 0 Å². The molecule has 0 saturated heterocycles. The Morgan fingerprint density at radius 1 is 1.00 bits per heavy atom. The first-order valence-electron chi connectivity index (χ1n) is 8.26. The van der Waals surface area contributed by atoms with Gasteiger partial charge in [0.25, 0.3) is 5.91 Å². The fraction of sp³-hybridized carbons (Fsp3) is 0.0952. The fourth-order valence-corrected chi connectivity index (χ4v) is 3.28. The van der Waals surface area contributed by atoms with Crippen LogP contribution in [0.5, 0.6) is 5.75 Å². The normalized spacial score (nSPS) is 12.7. The Morgan fingerprint density at radius 2 is 1.81 bits per heavy atom. The number of nitrogens with one attached hydrogen (secondary N) is 1. The zero-order chi connectivity index (χ0) is 18.1. The van der Waals surface area contributed by atoms with Gasteiger partial charge >= 0.3 is 0 Å². The molecule has 0 radical (unpaired) electrons. The smallest absolute Gasteiger partial charge is 0.260 e. The third-order valence-electron chi connectivity index (χ3n) is 4.40. The van der Waals surface area contributed by atoms with Gasteiger partial charge in [0.15, 0.2) is 0 Å². The molecule has 130 valence electrons. The van der Waals surface area contributed by atoms with Gasteiger partial charge in [-0.15, -0.1) is 0 Å². The molecule has 0 atom stereocenters. The molecule has 0 aromatic heterocycles. The van der Waals surface area contributed by atoms with Gasteiger partial charge in [-0.3, -0.25) is 4.79 Å². The zero-order valence-corrected chi connectivity index (χ0v) is 15.0. The summed E-state index contributed by atoms with van der Waals surface area (Å²) in [6, 6.07) is 20.8. The van der Waals surface area contributed by atoms with E-state index in [0.717, 1.165) is 16.9 Å². The van der Waals surface area contributed by atoms with E-state index in [1.165, 1.54) is 0 Å². The zero-order valence-electron chi connectivity index (χ0n) is 14.2. The summed E-state index contributed by atoms with van der Waals surface area (Å²) in [5.74, 6) is 0.644. The predicted octanol–water partition coefficient (Wildman–Crippen LogP) is 5.25. The van der Waals surface area contributed by atoms with Crippen molar-refractivity contribution < 1.29 is 9.53 Å². The molecular formula is C21H17ClN2O2. The molecule has 1 aliphatic rings. The van der Waals surface area contributed by atoms with Gasteiger partial charge in [-0.05, 0) is 35.9 Å². The minimum absolute atomic E-state index is 0.0723. The lowest BCUT2D eigenvalue weighted by Crippen LogP contribution is -2.29. The van der Waals surface area contributed by atoms with Crippen molar-refractivity contribution in [2.45, 2.75) is 6.54 Å². The molecule has 0 spiro atoms. The lowest BCUT2D eigenvalue weighted by molar-refractivity contribution is 0.0986. The number of hydrogen-bond acceptors (Lipinski definition) is 3. The highest BCUT2D eigenvalue weighted by molar-refractivity contribution is 6.31. The number of anilines is 3. The van der Waals surface area contributed by atoms with E-state index in [-0.39, 0.29) is 5.91 Å². The number of hydrogen-bond donors (Lipinski definition) is 1. The molecule has 0 fully saturated rings. The summed E-state index contributed by atoms with van der Waals surface area (Å²) in [7, 11) is 1.62. The maximum Gasteiger partial charge on any atom is 0.260 e. The Hall–Kier alpha value is -2.98. The standard InChI is InChI=1S/C21H17ClN2O2/c1-26-16-8-10-20-19(12-16)23-18-11-15(22)7-9-17(18)21(25)24(20)13-14-5-3-2-4-6-14/h2-12,23H,13H2,1H3. The van der Waals surface area contributed by atoms with Crippen molar-refractivity contribution in [3.8, 4) is 5.75 Å². The van der Waals surface area contributed by atoms with Crippen molar-refractivity contribution in [2.24, 2.45) is 0 Å². The molecule has 0 saturated carbocycles. The van der Waals surface area contributed by atoms with Gasteiger partial charge in [-0.25, -0.2) is 0 Å². The van der Waals surface area contributed by atoms with Gasteiger partial charge < -0.3 is 15.0 Å². The third kappa shape index (κ3) is 3.00. The maximum absolute atomic E-state index is 13.3. The van der Waals surface area contributed by atoms with Crippen molar-refractivity contribution >= 4 is 34.6 Å². The van der Waals surface area contributed by atoms with Crippen LogP contribution in [0.25, 0.3) is 0 Å². The van der Waals surface area contributed by atoms with Crippen molar-refractivity contribution in [1.29, 1.82) is 0 Å². The summed E-state index contributed by atoms with van der Waals surface area (Å²) in [6.45, 7) is 0.475. The highest BCUT2D eigenvalue weighted by Gasteiger charge is 2.27. The Labute approximate surface area is 157 Å². The highest BCUT2D eigenvalue weighted by atomic mass is 35.5. The van der Waals surface area contributed by atoms with Crippen LogP contribution in [0, 0.1) is 0 Å². The molecule has 1 N–H and O–H groups in total. The van der Waals surface area contributed by atoms with Gasteiger partial charge in [-0.1, -0.05) is 41.9 Å². The van der Waals surface area contributed by atoms with Crippen LogP contribution in [0.2, 0.25) is 5.02 Å². The topological polar surface area (TPSA) is 41.6 Å². The van der Waals surface area contributed by atoms with E-state index in [2.05, 4.69) is 5.32 Å². The molecule has 3 aromatic carbocycles. The first kappa shape index (κ1) is 16.5. The number of methoxy groups -OCH3 is 1. The molecular weight excluding hydrogens is 348 g/mol. The Balaban J connectivity index is 1.86. The summed E-state index contributed by atoms with van der Waals surface area (Å²) in [4.78, 5) is 15.1. The molecule has 4 rings (SSSR count). The van der Waals surface area contributed by atoms with E-state index in [1.54, 1.807) is 30.2 Å². The lowest BCUT2D eigenvalue weighted by atomic mass is 10.1. The number of amides is 1. The van der Waals surface area contributed by atoms with E-state index in [0.29, 0.717) is 28.6 Å². The van der Waals surface area contributed by atoms with Crippen LogP contribution < -0.4 is 15.0 Å². The molecule has 1 amide bonds. The molecule has 1 aliphatic heterocycles. The molecule has 1 heterocycles. The van der Waals surface area contributed by atoms with Gasteiger partial charge in [0, 0.05) is 11.1 Å². The van der Waals surface area contributed by atoms with Crippen molar-refractivity contribution in [3.05, 3.63) is 82.9 Å². The van der Waals surface area contributed by atoms with Gasteiger partial charge in [-0.2, -0.15) is 0 Å². The number of benzene rings is 3. The Bertz CT molecular complexity index is 973. The molecule has 4 nitrogen and oxygen atoms in total. The van der Waals surface area contributed by atoms with Crippen LogP contribution in [0.3, 0.4) is 0 Å². The summed E-state index contributed by atoms with van der Waals surface area (Å²) >= 11 is 6.14. The summed E-state index contributed by atoms with van der Waals surface area (Å²) in [5.41, 5.74) is 3.93. The Kier molecular flexibility index (Phi) is 4.27. The second kappa shape index (κ2) is 6.73. The largest absolute Gasteiger partial charge is 0.497 e. The van der Waals surface area contributed by atoms with Crippen LogP contribution in [-0.2, 0) is 6.54 Å². The van der Waals surface area contributed by atoms with E-state index in [4.69, 9.17) is 16.3 Å². The molecule has 26 heavy (non-hydrogen) atoms. The van der Waals surface area contributed by atoms with Crippen LogP contribution in [-0.4, -0.2) is 13.0 Å². The van der Waals surface area contributed by atoms with E-state index >= 15 is 0 Å². The molecule has 0 unspecified atom stereocenters. The number of carbonyl (C=O) groups excluding carboxylic acids is 1. The number of rotatable bonds is 3. The summed E-state index contributed by atoms with van der Waals surface area (Å²) < 4.78 is 5.34. The number of nitrogens with zero attached hydrogens (tertiary/aromatic N) is 1. The molecule has 5 heteroatoms. The van der Waals surface area contributed by atoms with Gasteiger partial charge in [0.05, 0.1) is 36.3 Å². The minimum atomic E-state index is -0.0723. The van der Waals surface area contributed by atoms with Gasteiger partial charge in [0.1, 0.15) is 5.75 Å². The molecule has 0 aliphatic carbocycles. The average Bonchev–Trinajstić information content (AvgIpc) is 2.77. The maximum atomic E-state index is 13.3. The van der Waals surface area contributed by atoms with Crippen LogP contribution in [0.4, 0.5) is 17.1 Å². The number of ether oxygens (including phenoxy) is 1. The van der Waals surface area contributed by atoms with Crippen molar-refractivity contribution in [2.75, 3.05) is 17.3 Å². The Morgan fingerprint density at radius 3 is 2.58 bits per heavy atom. The summed E-state index contributed by atoms with van der Waals surface area (Å²) in [5, 5.41) is 3.91. The number of carbonyl (C=O) groups is 1. The number of fused-ring (bicyclic) bond motifs is 2. The highest BCUT2D eigenvalue weighted by Crippen LogP contribution is 2.39. The third-order valence-corrected chi connectivity index (χ3v) is 4.64. The van der Waals surface area contributed by atoms with Crippen molar-refractivity contribution in [3.63, 3.8) is 0 Å². The molecule has 0 bridgehead atoms. The predicted molar refractivity (Wildman–Crippen MR) is 105 cm³/mol. The van der Waals surface area contributed by atoms with Gasteiger partial charge in [0.2, 0.25) is 0 Å². The summed E-state index contributed by atoms with van der Waals surface area (Å²) in [6.07, 6.45) is 0. The van der Waals surface area contributed by atoms with Crippen LogP contribution in [0.15, 0.2) is 66.7 Å². The van der Waals surface area contributed by atoms with Crippen LogP contribution >= 0.6 is 11.6 Å².